The molecule has 4 aromatic heterocycles. The van der Waals surface area contributed by atoms with Gasteiger partial charge in [-0.1, -0.05) is 233 Å². The number of hydrogen-bond donors (Lipinski definition) is 0. The Morgan fingerprint density at radius 3 is 0.855 bits per heavy atom. The smallest absolute Gasteiger partial charge is 0.309 e. The predicted molar refractivity (Wildman–Crippen MR) is 479 cm³/mol. The number of aryl methyl sites for hydroxylation is 7. The Labute approximate surface area is 705 Å². The Hall–Kier alpha value is -14.1. The minimum Gasteiger partial charge on any atom is -0.309 e. The van der Waals surface area contributed by atoms with Gasteiger partial charge in [0.05, 0.1) is 89.1 Å². The summed E-state index contributed by atoms with van der Waals surface area (Å²) in [6.07, 6.45) is -19.4. The molecule has 16 aromatic carbocycles. The fraction of sp³-hybridized carbons (Fsp3) is 0.111. The molecule has 0 aliphatic rings. The van der Waals surface area contributed by atoms with Gasteiger partial charge in [0.1, 0.15) is 0 Å². The molecule has 0 radical (unpaired) electrons. The van der Waals surface area contributed by atoms with E-state index in [9.17, 15) is 0 Å². The zero-order chi connectivity index (χ0) is 86.1. The maximum absolute atomic E-state index is 16.4. The molecular formula is C108H74F12N4. The first-order valence-electron chi connectivity index (χ1n) is 40.7. The van der Waals surface area contributed by atoms with E-state index >= 15 is 52.7 Å². The summed E-state index contributed by atoms with van der Waals surface area (Å²) in [5.41, 5.74) is 15.2. The summed E-state index contributed by atoms with van der Waals surface area (Å²) in [5, 5.41) is 5.46. The summed E-state index contributed by atoms with van der Waals surface area (Å²) >= 11 is 0. The normalized spacial score (nSPS) is 12.5. The van der Waals surface area contributed by atoms with Crippen LogP contribution in [0.3, 0.4) is 0 Å². The molecule has 0 aliphatic heterocycles. The van der Waals surface area contributed by atoms with Gasteiger partial charge in [-0.2, -0.15) is 52.7 Å². The van der Waals surface area contributed by atoms with E-state index in [1.54, 1.807) is 42.5 Å². The molecule has 16 heteroatoms. The van der Waals surface area contributed by atoms with Crippen molar-refractivity contribution in [1.82, 2.24) is 18.3 Å². The Bertz CT molecular complexity index is 7800. The summed E-state index contributed by atoms with van der Waals surface area (Å²) in [5.74, 6) is 0. The van der Waals surface area contributed by atoms with Crippen LogP contribution in [0, 0.1) is 48.5 Å². The molecule has 0 saturated carbocycles. The molecule has 0 bridgehead atoms. The maximum Gasteiger partial charge on any atom is 0.416 e. The summed E-state index contributed by atoms with van der Waals surface area (Å²) < 4.78 is 197. The third-order valence-electron chi connectivity index (χ3n) is 24.2. The third kappa shape index (κ3) is 13.7. The predicted octanol–water partition coefficient (Wildman–Crippen LogP) is 31.9. The summed E-state index contributed by atoms with van der Waals surface area (Å²) in [7, 11) is 0. The van der Waals surface area contributed by atoms with Crippen LogP contribution >= 0.6 is 0 Å². The van der Waals surface area contributed by atoms with Gasteiger partial charge < -0.3 is 18.3 Å². The van der Waals surface area contributed by atoms with Gasteiger partial charge in [-0.15, -0.1) is 0 Å². The van der Waals surface area contributed by atoms with Crippen molar-refractivity contribution >= 4 is 87.2 Å². The van der Waals surface area contributed by atoms with Gasteiger partial charge in [-0.05, 0) is 237 Å². The molecule has 0 atom stereocenters. The van der Waals surface area contributed by atoms with Crippen LogP contribution in [0.1, 0.15) is 72.3 Å². The van der Waals surface area contributed by atoms with E-state index in [0.717, 1.165) is 138 Å². The topological polar surface area (TPSA) is 19.7 Å². The van der Waals surface area contributed by atoms with Crippen LogP contribution in [0.5, 0.6) is 0 Å². The van der Waals surface area contributed by atoms with E-state index in [4.69, 9.17) is 0 Å². The average molecular weight is 1660 g/mol. The van der Waals surface area contributed by atoms with Crippen molar-refractivity contribution in [2.75, 3.05) is 0 Å². The molecule has 124 heavy (non-hydrogen) atoms. The first-order chi connectivity index (χ1) is 59.3. The lowest BCUT2D eigenvalue weighted by Gasteiger charge is -2.23. The molecule has 0 saturated heterocycles. The van der Waals surface area contributed by atoms with Crippen LogP contribution < -0.4 is 0 Å². The Morgan fingerprint density at radius 2 is 0.476 bits per heavy atom. The zero-order valence-corrected chi connectivity index (χ0v) is 68.0. The molecule has 4 heterocycles. The fourth-order valence-electron chi connectivity index (χ4n) is 19.2. The van der Waals surface area contributed by atoms with E-state index in [1.807, 2.05) is 224 Å². The highest BCUT2D eigenvalue weighted by molar-refractivity contribution is 6.16. The number of hydrogen-bond acceptors (Lipinski definition) is 0. The van der Waals surface area contributed by atoms with Crippen molar-refractivity contribution in [3.05, 3.63) is 382 Å². The summed E-state index contributed by atoms with van der Waals surface area (Å²) in [6, 6.07) is 89.2. The summed E-state index contributed by atoms with van der Waals surface area (Å²) in [6.45, 7) is 13.9. The molecule has 0 spiro atoms. The largest absolute Gasteiger partial charge is 0.416 e. The van der Waals surface area contributed by atoms with Gasteiger partial charge in [0.2, 0.25) is 0 Å². The number of fused-ring (bicyclic) bond motifs is 12. The van der Waals surface area contributed by atoms with E-state index < -0.39 is 47.0 Å². The molecular weight excluding hydrogens is 1580 g/mol. The van der Waals surface area contributed by atoms with E-state index in [0.29, 0.717) is 99.2 Å². The van der Waals surface area contributed by atoms with Crippen molar-refractivity contribution in [2.45, 2.75) is 79.6 Å². The molecule has 0 unspecified atom stereocenters. The number of alkyl halides is 12. The van der Waals surface area contributed by atoms with Gasteiger partial charge in [0.15, 0.2) is 0 Å². The van der Waals surface area contributed by atoms with Crippen LogP contribution in [-0.4, -0.2) is 18.3 Å². The van der Waals surface area contributed by atoms with Crippen LogP contribution in [0.25, 0.3) is 177 Å². The average Bonchev–Trinajstić information content (AvgIpc) is 1.56. The van der Waals surface area contributed by atoms with Gasteiger partial charge in [-0.3, -0.25) is 0 Å². The van der Waals surface area contributed by atoms with Crippen LogP contribution in [0.2, 0.25) is 0 Å². The number of para-hydroxylation sites is 3. The Balaban J connectivity index is 0.781. The zero-order valence-electron chi connectivity index (χ0n) is 68.0. The van der Waals surface area contributed by atoms with Gasteiger partial charge in [0.25, 0.3) is 0 Å². The van der Waals surface area contributed by atoms with Crippen LogP contribution in [0.4, 0.5) is 52.7 Å². The third-order valence-corrected chi connectivity index (χ3v) is 24.2. The number of nitrogens with zero attached hydrogens (tertiary/aromatic N) is 4. The molecule has 20 rings (SSSR count). The van der Waals surface area contributed by atoms with E-state index in [1.165, 1.54) is 24.3 Å². The molecule has 0 N–H and O–H groups in total. The summed E-state index contributed by atoms with van der Waals surface area (Å²) in [4.78, 5) is 0. The van der Waals surface area contributed by atoms with Crippen molar-refractivity contribution in [3.8, 4) is 89.5 Å². The second kappa shape index (κ2) is 29.0. The van der Waals surface area contributed by atoms with Crippen molar-refractivity contribution in [2.24, 2.45) is 0 Å². The second-order valence-corrected chi connectivity index (χ2v) is 33.1. The van der Waals surface area contributed by atoms with Crippen LogP contribution in [-0.2, 0) is 31.1 Å². The quantitative estimate of drug-likeness (QED) is 0.109. The highest BCUT2D eigenvalue weighted by Crippen LogP contribution is 2.51. The fourth-order valence-corrected chi connectivity index (χ4v) is 19.2. The minimum absolute atomic E-state index is 0.00734. The van der Waals surface area contributed by atoms with E-state index in [2.05, 4.69) is 36.4 Å². The molecule has 0 amide bonds. The van der Waals surface area contributed by atoms with Gasteiger partial charge in [-0.25, -0.2) is 0 Å². The molecule has 0 aliphatic carbocycles. The number of aromatic nitrogens is 4. The van der Waals surface area contributed by atoms with Crippen LogP contribution in [0.15, 0.2) is 309 Å². The lowest BCUT2D eigenvalue weighted by Crippen LogP contribution is -2.11. The highest BCUT2D eigenvalue weighted by Gasteiger charge is 2.39. The number of benzene rings is 16. The lowest BCUT2D eigenvalue weighted by molar-refractivity contribution is -0.138. The Kier molecular flexibility index (Phi) is 18.4. The SMILES string of the molecule is Cc1cc(C)cc(-c2ccc3c(c2)c2ccccc2n3-c2cc(C(F)(F)F)cc(-n3c4ccc(Cc5cc(C)cc(-c6ccc7c8ccccc8n(-c8cc(C(F)(F)F)cc(-n9c%10ccccc%10c%10ccc(-c%11cc(C)cc(C)c%11)cc%109)c8-c8cccc(C(F)(F)F)c8)c7c6)c5)cc4c4cc(-c5cc(C)cc(C)c5)ccc43)c2-c2cccc(C(F)(F)F)c2)c1. The first kappa shape index (κ1) is 78.4. The van der Waals surface area contributed by atoms with Crippen molar-refractivity contribution in [1.29, 1.82) is 0 Å². The first-order valence-corrected chi connectivity index (χ1v) is 40.7. The lowest BCUT2D eigenvalue weighted by atomic mass is 9.95. The van der Waals surface area contributed by atoms with Crippen molar-refractivity contribution < 1.29 is 52.7 Å². The second-order valence-electron chi connectivity index (χ2n) is 33.1. The minimum atomic E-state index is -4.99. The Morgan fingerprint density at radius 1 is 0.185 bits per heavy atom. The van der Waals surface area contributed by atoms with Gasteiger partial charge >= 0.3 is 24.7 Å². The maximum atomic E-state index is 16.4. The standard InChI is InChI=1S/C108H74F12N4/c1-60-36-61(2)41-75(40-60)69-29-34-95-89(52-69)85-22-10-13-25-93(85)121(95)99-56-81(107(115,116)117)57-100(103(99)73-16-14-18-79(50-73)105(109,110)111)122-94-33-26-67(49-88(94)90-53-70(30-35-96(90)122)76-42-62(3)37-63(4)43-76)47-68-39-66(7)46-78(48-68)72-28-32-87-84-21-9-12-24-92(84)124(98(87)55-72)102-59-82(108(118,119)120)58-101(104(102)74-17-15-19-80(51-74)106(112,113)114)123-91-23-11-8-20-83(91)86-31-27-71(54-97(86)123)77-44-64(5)38-65(6)45-77/h8-46,48-59H,47H2,1-7H3. The molecule has 610 valence electrons. The molecule has 4 nitrogen and oxygen atoms in total. The van der Waals surface area contributed by atoms with E-state index in [-0.39, 0.29) is 45.0 Å². The molecule has 0 fully saturated rings. The monoisotopic (exact) mass is 1650 g/mol. The van der Waals surface area contributed by atoms with Crippen molar-refractivity contribution in [3.63, 3.8) is 0 Å². The number of rotatable bonds is 12. The highest BCUT2D eigenvalue weighted by atomic mass is 19.4. The van der Waals surface area contributed by atoms with Gasteiger partial charge in [0, 0.05) is 54.2 Å². The number of halogens is 12. The molecule has 20 aromatic rings.